The third-order valence-electron chi connectivity index (χ3n) is 5.74. The third kappa shape index (κ3) is 4.56. The number of Topliss-reactive ketones (excluding diaryl/α,β-unsaturated/α-hetero) is 1. The van der Waals surface area contributed by atoms with E-state index >= 15 is 0 Å². The SMILES string of the molecule is CCCN(CCC)CC1C(O)CCC2C(=O)C(c3ccc(Cl)cc3)=COC21. The highest BCUT2D eigenvalue weighted by Crippen LogP contribution is 2.39. The van der Waals surface area contributed by atoms with E-state index in [-0.39, 0.29) is 23.7 Å². The lowest BCUT2D eigenvalue weighted by Crippen LogP contribution is -2.52. The number of allylic oxidation sites excluding steroid dienone is 1. The summed E-state index contributed by atoms with van der Waals surface area (Å²) in [5, 5.41) is 11.3. The molecule has 148 valence electrons. The van der Waals surface area contributed by atoms with Crippen molar-refractivity contribution in [2.24, 2.45) is 11.8 Å². The van der Waals surface area contributed by atoms with Crippen molar-refractivity contribution in [3.05, 3.63) is 41.1 Å². The Morgan fingerprint density at radius 1 is 1.15 bits per heavy atom. The van der Waals surface area contributed by atoms with Crippen molar-refractivity contribution in [2.75, 3.05) is 19.6 Å². The molecular formula is C22H30ClNO3. The van der Waals surface area contributed by atoms with Crippen LogP contribution >= 0.6 is 11.6 Å². The molecule has 0 bridgehead atoms. The maximum atomic E-state index is 13.2. The van der Waals surface area contributed by atoms with Gasteiger partial charge in [-0.3, -0.25) is 4.79 Å². The van der Waals surface area contributed by atoms with Crippen LogP contribution in [0.4, 0.5) is 0 Å². The van der Waals surface area contributed by atoms with E-state index in [1.54, 1.807) is 18.4 Å². The monoisotopic (exact) mass is 391 g/mol. The van der Waals surface area contributed by atoms with Crippen molar-refractivity contribution in [1.29, 1.82) is 0 Å². The number of halogens is 1. The molecule has 1 heterocycles. The Bertz CT molecular complexity index is 667. The molecule has 1 fully saturated rings. The molecule has 0 amide bonds. The Hall–Kier alpha value is -1.36. The molecule has 4 nitrogen and oxygen atoms in total. The molecule has 27 heavy (non-hydrogen) atoms. The van der Waals surface area contributed by atoms with Gasteiger partial charge in [0.1, 0.15) is 6.10 Å². The van der Waals surface area contributed by atoms with Gasteiger partial charge in [0.25, 0.3) is 0 Å². The van der Waals surface area contributed by atoms with Gasteiger partial charge in [-0.1, -0.05) is 37.6 Å². The molecule has 5 heteroatoms. The first-order valence-electron chi connectivity index (χ1n) is 10.1. The maximum Gasteiger partial charge on any atom is 0.173 e. The van der Waals surface area contributed by atoms with E-state index in [1.807, 2.05) is 12.1 Å². The maximum absolute atomic E-state index is 13.2. The zero-order valence-electron chi connectivity index (χ0n) is 16.2. The van der Waals surface area contributed by atoms with Crippen LogP contribution in [0.1, 0.15) is 45.1 Å². The summed E-state index contributed by atoms with van der Waals surface area (Å²) in [5.41, 5.74) is 1.45. The first-order valence-corrected chi connectivity index (χ1v) is 10.5. The van der Waals surface area contributed by atoms with Gasteiger partial charge in [-0.25, -0.2) is 0 Å². The third-order valence-corrected chi connectivity index (χ3v) is 5.99. The molecule has 2 aliphatic rings. The lowest BCUT2D eigenvalue weighted by atomic mass is 9.72. The van der Waals surface area contributed by atoms with Crippen molar-refractivity contribution in [3.8, 4) is 0 Å². The van der Waals surface area contributed by atoms with Crippen molar-refractivity contribution in [3.63, 3.8) is 0 Å². The molecule has 1 aromatic carbocycles. The van der Waals surface area contributed by atoms with Crippen LogP contribution in [0.25, 0.3) is 5.57 Å². The van der Waals surface area contributed by atoms with E-state index in [0.717, 1.165) is 38.0 Å². The van der Waals surface area contributed by atoms with Crippen molar-refractivity contribution in [1.82, 2.24) is 4.90 Å². The van der Waals surface area contributed by atoms with Crippen LogP contribution in [0.5, 0.6) is 0 Å². The number of hydrogen-bond acceptors (Lipinski definition) is 4. The van der Waals surface area contributed by atoms with Crippen molar-refractivity contribution in [2.45, 2.75) is 51.7 Å². The van der Waals surface area contributed by atoms with Crippen LogP contribution in [0.3, 0.4) is 0 Å². The Labute approximate surface area is 167 Å². The first kappa shape index (κ1) is 20.4. The van der Waals surface area contributed by atoms with E-state index in [0.29, 0.717) is 23.4 Å². The number of carbonyl (C=O) groups is 1. The second kappa shape index (κ2) is 9.22. The van der Waals surface area contributed by atoms with E-state index in [9.17, 15) is 9.90 Å². The zero-order chi connectivity index (χ0) is 19.4. The largest absolute Gasteiger partial charge is 0.496 e. The minimum atomic E-state index is -0.416. The standard InChI is InChI=1S/C22H30ClNO3/c1-3-11-24(12-4-2)13-18-20(25)10-9-17-21(26)19(14-27-22(17)18)15-5-7-16(23)8-6-15/h5-8,14,17-18,20,22,25H,3-4,9-13H2,1-2H3. The number of carbonyl (C=O) groups excluding carboxylic acids is 1. The topological polar surface area (TPSA) is 49.8 Å². The van der Waals surface area contributed by atoms with Crippen LogP contribution in [-0.4, -0.2) is 47.6 Å². The minimum Gasteiger partial charge on any atom is -0.496 e. The second-order valence-corrected chi connectivity index (χ2v) is 8.16. The molecule has 3 rings (SSSR count). The Balaban J connectivity index is 1.80. The molecule has 0 aromatic heterocycles. The molecular weight excluding hydrogens is 362 g/mol. The number of aliphatic hydroxyl groups is 1. The van der Waals surface area contributed by atoms with Crippen molar-refractivity contribution >= 4 is 23.0 Å². The highest BCUT2D eigenvalue weighted by molar-refractivity contribution is 6.30. The molecule has 4 unspecified atom stereocenters. The summed E-state index contributed by atoms with van der Waals surface area (Å²) in [4.78, 5) is 15.5. The molecule has 1 aromatic rings. The van der Waals surface area contributed by atoms with Gasteiger partial charge >= 0.3 is 0 Å². The van der Waals surface area contributed by atoms with Gasteiger partial charge in [0.15, 0.2) is 5.78 Å². The van der Waals surface area contributed by atoms with Gasteiger partial charge in [0, 0.05) is 17.5 Å². The lowest BCUT2D eigenvalue weighted by molar-refractivity contribution is -0.133. The molecule has 0 spiro atoms. The number of hydrogen-bond donors (Lipinski definition) is 1. The van der Waals surface area contributed by atoms with Gasteiger partial charge in [-0.2, -0.15) is 0 Å². The Kier molecular flexibility index (Phi) is 6.96. The van der Waals surface area contributed by atoms with Gasteiger partial charge in [-0.05, 0) is 56.5 Å². The van der Waals surface area contributed by atoms with E-state index in [1.165, 1.54) is 0 Å². The molecule has 4 atom stereocenters. The number of benzene rings is 1. The summed E-state index contributed by atoms with van der Waals surface area (Å²) in [6, 6.07) is 7.29. The normalized spacial score (nSPS) is 27.9. The summed E-state index contributed by atoms with van der Waals surface area (Å²) in [5.74, 6) is -0.0870. The van der Waals surface area contributed by atoms with Gasteiger partial charge in [0.2, 0.25) is 0 Å². The number of fused-ring (bicyclic) bond motifs is 1. The molecule has 1 saturated carbocycles. The summed E-state index contributed by atoms with van der Waals surface area (Å²) in [6.45, 7) is 7.14. The molecule has 1 aliphatic heterocycles. The molecule has 0 radical (unpaired) electrons. The van der Waals surface area contributed by atoms with Crippen LogP contribution < -0.4 is 0 Å². The number of aliphatic hydroxyl groups excluding tert-OH is 1. The fourth-order valence-corrected chi connectivity index (χ4v) is 4.54. The smallest absolute Gasteiger partial charge is 0.173 e. The average molecular weight is 392 g/mol. The summed E-state index contributed by atoms with van der Waals surface area (Å²) < 4.78 is 6.09. The first-order chi connectivity index (χ1) is 13.0. The summed E-state index contributed by atoms with van der Waals surface area (Å²) in [6.07, 6.45) is 4.43. The number of ketones is 1. The predicted molar refractivity (Wildman–Crippen MR) is 109 cm³/mol. The van der Waals surface area contributed by atoms with E-state index in [4.69, 9.17) is 16.3 Å². The highest BCUT2D eigenvalue weighted by atomic mass is 35.5. The second-order valence-electron chi connectivity index (χ2n) is 7.72. The Morgan fingerprint density at radius 3 is 2.44 bits per heavy atom. The fourth-order valence-electron chi connectivity index (χ4n) is 4.42. The van der Waals surface area contributed by atoms with Gasteiger partial charge < -0.3 is 14.7 Å². The highest BCUT2D eigenvalue weighted by Gasteiger charge is 2.46. The van der Waals surface area contributed by atoms with Crippen molar-refractivity contribution < 1.29 is 14.6 Å². The number of nitrogens with zero attached hydrogens (tertiary/aromatic N) is 1. The number of rotatable bonds is 7. The quantitative estimate of drug-likeness (QED) is 0.758. The van der Waals surface area contributed by atoms with Gasteiger partial charge in [-0.15, -0.1) is 0 Å². The van der Waals surface area contributed by atoms with Gasteiger partial charge in [0.05, 0.1) is 23.9 Å². The minimum absolute atomic E-state index is 0.0335. The van der Waals surface area contributed by atoms with Crippen LogP contribution in [-0.2, 0) is 9.53 Å². The number of ether oxygens (including phenoxy) is 1. The zero-order valence-corrected chi connectivity index (χ0v) is 17.0. The van der Waals surface area contributed by atoms with Crippen LogP contribution in [0, 0.1) is 11.8 Å². The van der Waals surface area contributed by atoms with E-state index in [2.05, 4.69) is 18.7 Å². The lowest BCUT2D eigenvalue weighted by Gasteiger charge is -2.43. The summed E-state index contributed by atoms with van der Waals surface area (Å²) in [7, 11) is 0. The fraction of sp³-hybridized carbons (Fsp3) is 0.591. The molecule has 1 N–H and O–H groups in total. The Morgan fingerprint density at radius 2 is 1.81 bits per heavy atom. The summed E-state index contributed by atoms with van der Waals surface area (Å²) >= 11 is 5.96. The molecule has 0 saturated heterocycles. The predicted octanol–water partition coefficient (Wildman–Crippen LogP) is 4.16. The average Bonchev–Trinajstić information content (AvgIpc) is 2.65. The van der Waals surface area contributed by atoms with Crippen LogP contribution in [0.15, 0.2) is 30.5 Å². The van der Waals surface area contributed by atoms with Crippen LogP contribution in [0.2, 0.25) is 5.02 Å². The van der Waals surface area contributed by atoms with E-state index < -0.39 is 6.10 Å². The molecule has 1 aliphatic carbocycles.